The molecule has 5 nitrogen and oxygen atoms in total. The standard InChI is InChI=1S/C13H23NO4/c1-4-18-12(15)9-10(2)14-8-6-5-7-11(14)13(16)17-3/h10-11H,4-9H2,1-3H3/t10?,11-/m1/s1. The van der Waals surface area contributed by atoms with Crippen LogP contribution < -0.4 is 0 Å². The smallest absolute Gasteiger partial charge is 0.323 e. The van der Waals surface area contributed by atoms with Gasteiger partial charge in [-0.05, 0) is 33.2 Å². The van der Waals surface area contributed by atoms with Crippen molar-refractivity contribution >= 4 is 11.9 Å². The molecule has 0 aromatic heterocycles. The van der Waals surface area contributed by atoms with E-state index in [1.165, 1.54) is 7.11 Å². The van der Waals surface area contributed by atoms with Crippen LogP contribution in [0, 0.1) is 0 Å². The Kier molecular flexibility index (Phi) is 6.12. The maximum atomic E-state index is 11.7. The van der Waals surface area contributed by atoms with E-state index in [1.54, 1.807) is 6.92 Å². The zero-order valence-electron chi connectivity index (χ0n) is 11.5. The highest BCUT2D eigenvalue weighted by atomic mass is 16.5. The van der Waals surface area contributed by atoms with Gasteiger partial charge in [0.2, 0.25) is 0 Å². The summed E-state index contributed by atoms with van der Waals surface area (Å²) in [6.45, 7) is 4.98. The molecule has 0 aromatic carbocycles. The average molecular weight is 257 g/mol. The number of piperidine rings is 1. The fraction of sp³-hybridized carbons (Fsp3) is 0.846. The maximum Gasteiger partial charge on any atom is 0.323 e. The molecule has 0 radical (unpaired) electrons. The molecule has 5 heteroatoms. The van der Waals surface area contributed by atoms with Crippen LogP contribution in [-0.4, -0.2) is 49.2 Å². The highest BCUT2D eigenvalue weighted by Gasteiger charge is 2.33. The summed E-state index contributed by atoms with van der Waals surface area (Å²) in [4.78, 5) is 25.3. The molecule has 1 rings (SSSR count). The lowest BCUT2D eigenvalue weighted by atomic mass is 9.99. The molecule has 0 N–H and O–H groups in total. The summed E-state index contributed by atoms with van der Waals surface area (Å²) >= 11 is 0. The molecule has 2 atom stereocenters. The molecule has 0 spiro atoms. The molecule has 104 valence electrons. The number of hydrogen-bond acceptors (Lipinski definition) is 5. The van der Waals surface area contributed by atoms with Crippen LogP contribution in [0.4, 0.5) is 0 Å². The lowest BCUT2D eigenvalue weighted by Gasteiger charge is -2.37. The maximum absolute atomic E-state index is 11.7. The van der Waals surface area contributed by atoms with Gasteiger partial charge in [-0.15, -0.1) is 0 Å². The second-order valence-corrected chi connectivity index (χ2v) is 4.63. The lowest BCUT2D eigenvalue weighted by molar-refractivity contribution is -0.152. The molecule has 1 aliphatic rings. The number of methoxy groups -OCH3 is 1. The zero-order chi connectivity index (χ0) is 13.5. The van der Waals surface area contributed by atoms with Crippen molar-refractivity contribution in [3.8, 4) is 0 Å². The predicted molar refractivity (Wildman–Crippen MR) is 67.1 cm³/mol. The summed E-state index contributed by atoms with van der Waals surface area (Å²) in [5, 5.41) is 0. The number of hydrogen-bond donors (Lipinski definition) is 0. The first kappa shape index (κ1) is 15.0. The van der Waals surface area contributed by atoms with Crippen LogP contribution in [0.15, 0.2) is 0 Å². The molecular weight excluding hydrogens is 234 g/mol. The SMILES string of the molecule is CCOC(=O)CC(C)N1CCCC[C@@H]1C(=O)OC. The van der Waals surface area contributed by atoms with Crippen molar-refractivity contribution in [3.63, 3.8) is 0 Å². The van der Waals surface area contributed by atoms with Crippen molar-refractivity contribution in [2.45, 2.75) is 51.6 Å². The minimum absolute atomic E-state index is 0.00782. The molecule has 1 aliphatic heterocycles. The van der Waals surface area contributed by atoms with E-state index >= 15 is 0 Å². The van der Waals surface area contributed by atoms with E-state index in [0.29, 0.717) is 13.0 Å². The minimum atomic E-state index is -0.215. The van der Waals surface area contributed by atoms with Crippen LogP contribution in [0.2, 0.25) is 0 Å². The first-order valence-corrected chi connectivity index (χ1v) is 6.59. The molecule has 0 aliphatic carbocycles. The number of likely N-dealkylation sites (tertiary alicyclic amines) is 1. The van der Waals surface area contributed by atoms with E-state index in [1.807, 2.05) is 6.92 Å². The Bertz CT molecular complexity index is 293. The molecule has 0 aromatic rings. The normalized spacial score (nSPS) is 22.3. The summed E-state index contributed by atoms with van der Waals surface area (Å²) in [7, 11) is 1.41. The fourth-order valence-electron chi connectivity index (χ4n) is 2.45. The Balaban J connectivity index is 2.59. The van der Waals surface area contributed by atoms with Crippen molar-refractivity contribution in [2.75, 3.05) is 20.3 Å². The van der Waals surface area contributed by atoms with Crippen molar-refractivity contribution in [3.05, 3.63) is 0 Å². The molecule has 1 unspecified atom stereocenters. The topological polar surface area (TPSA) is 55.8 Å². The summed E-state index contributed by atoms with van der Waals surface area (Å²) in [6, 6.07) is -0.207. The number of rotatable bonds is 5. The van der Waals surface area contributed by atoms with Gasteiger partial charge in [0.1, 0.15) is 6.04 Å². The largest absolute Gasteiger partial charge is 0.468 e. The Morgan fingerprint density at radius 3 is 2.72 bits per heavy atom. The Morgan fingerprint density at radius 1 is 1.39 bits per heavy atom. The summed E-state index contributed by atoms with van der Waals surface area (Å²) < 4.78 is 9.77. The van der Waals surface area contributed by atoms with Gasteiger partial charge in [0.15, 0.2) is 0 Å². The van der Waals surface area contributed by atoms with Crippen LogP contribution in [0.1, 0.15) is 39.5 Å². The van der Waals surface area contributed by atoms with E-state index in [2.05, 4.69) is 4.90 Å². The van der Waals surface area contributed by atoms with Gasteiger partial charge in [-0.3, -0.25) is 14.5 Å². The Morgan fingerprint density at radius 2 is 2.11 bits per heavy atom. The highest BCUT2D eigenvalue weighted by Crippen LogP contribution is 2.22. The number of carbonyl (C=O) groups excluding carboxylic acids is 2. The Labute approximate surface area is 108 Å². The zero-order valence-corrected chi connectivity index (χ0v) is 11.5. The van der Waals surface area contributed by atoms with Crippen molar-refractivity contribution in [2.24, 2.45) is 0 Å². The molecular formula is C13H23NO4. The van der Waals surface area contributed by atoms with Gasteiger partial charge in [0.05, 0.1) is 20.1 Å². The molecule has 1 saturated heterocycles. The third-order valence-corrected chi connectivity index (χ3v) is 3.35. The molecule has 1 fully saturated rings. The third kappa shape index (κ3) is 3.98. The lowest BCUT2D eigenvalue weighted by Crippen LogP contribution is -2.50. The average Bonchev–Trinajstić information content (AvgIpc) is 2.38. The number of esters is 2. The van der Waals surface area contributed by atoms with Crippen LogP contribution in [0.3, 0.4) is 0 Å². The molecule has 0 saturated carbocycles. The second-order valence-electron chi connectivity index (χ2n) is 4.63. The third-order valence-electron chi connectivity index (χ3n) is 3.35. The van der Waals surface area contributed by atoms with Gasteiger partial charge in [0, 0.05) is 6.04 Å². The van der Waals surface area contributed by atoms with E-state index < -0.39 is 0 Å². The minimum Gasteiger partial charge on any atom is -0.468 e. The number of ether oxygens (including phenoxy) is 2. The van der Waals surface area contributed by atoms with Gasteiger partial charge in [-0.1, -0.05) is 6.42 Å². The first-order valence-electron chi connectivity index (χ1n) is 6.59. The quantitative estimate of drug-likeness (QED) is 0.696. The predicted octanol–water partition coefficient (Wildman–Crippen LogP) is 1.36. The van der Waals surface area contributed by atoms with E-state index in [-0.39, 0.29) is 24.0 Å². The van der Waals surface area contributed by atoms with Crippen LogP contribution >= 0.6 is 0 Å². The van der Waals surface area contributed by atoms with Crippen molar-refractivity contribution in [1.82, 2.24) is 4.90 Å². The van der Waals surface area contributed by atoms with E-state index in [0.717, 1.165) is 25.8 Å². The first-order chi connectivity index (χ1) is 8.60. The summed E-state index contributed by atoms with van der Waals surface area (Å²) in [5.41, 5.74) is 0. The summed E-state index contributed by atoms with van der Waals surface area (Å²) in [5.74, 6) is -0.412. The molecule has 1 heterocycles. The summed E-state index contributed by atoms with van der Waals surface area (Å²) in [6.07, 6.45) is 3.21. The van der Waals surface area contributed by atoms with Crippen LogP contribution in [-0.2, 0) is 19.1 Å². The van der Waals surface area contributed by atoms with E-state index in [9.17, 15) is 9.59 Å². The van der Waals surface area contributed by atoms with Gasteiger partial charge in [-0.2, -0.15) is 0 Å². The fourth-order valence-corrected chi connectivity index (χ4v) is 2.45. The molecule has 0 bridgehead atoms. The monoisotopic (exact) mass is 257 g/mol. The molecule has 0 amide bonds. The second kappa shape index (κ2) is 7.36. The Hall–Kier alpha value is -1.10. The van der Waals surface area contributed by atoms with Crippen LogP contribution in [0.5, 0.6) is 0 Å². The van der Waals surface area contributed by atoms with Gasteiger partial charge >= 0.3 is 11.9 Å². The molecule has 18 heavy (non-hydrogen) atoms. The van der Waals surface area contributed by atoms with E-state index in [4.69, 9.17) is 9.47 Å². The van der Waals surface area contributed by atoms with Crippen LogP contribution in [0.25, 0.3) is 0 Å². The highest BCUT2D eigenvalue weighted by molar-refractivity contribution is 5.76. The number of nitrogens with zero attached hydrogens (tertiary/aromatic N) is 1. The van der Waals surface area contributed by atoms with Crippen molar-refractivity contribution < 1.29 is 19.1 Å². The van der Waals surface area contributed by atoms with Crippen molar-refractivity contribution in [1.29, 1.82) is 0 Å². The van der Waals surface area contributed by atoms with Gasteiger partial charge < -0.3 is 9.47 Å². The van der Waals surface area contributed by atoms with Gasteiger partial charge in [0.25, 0.3) is 0 Å². The number of carbonyl (C=O) groups is 2. The van der Waals surface area contributed by atoms with Gasteiger partial charge in [-0.25, -0.2) is 0 Å².